The Morgan fingerprint density at radius 3 is 2.61 bits per heavy atom. The van der Waals surface area contributed by atoms with Gasteiger partial charge in [0.25, 0.3) is 0 Å². The first-order chi connectivity index (χ1) is 13.8. The minimum atomic E-state index is 0.707. The third-order valence-corrected chi connectivity index (χ3v) is 5.90. The van der Waals surface area contributed by atoms with Crippen LogP contribution in [0, 0.1) is 11.3 Å². The highest BCUT2D eigenvalue weighted by Gasteiger charge is 2.26. The second kappa shape index (κ2) is 7.14. The van der Waals surface area contributed by atoms with Gasteiger partial charge in [-0.3, -0.25) is 0 Å². The van der Waals surface area contributed by atoms with Gasteiger partial charge in [-0.1, -0.05) is 36.4 Å². The van der Waals surface area contributed by atoms with Gasteiger partial charge in [-0.05, 0) is 23.4 Å². The Hall–Kier alpha value is -3.10. The van der Waals surface area contributed by atoms with Crippen LogP contribution in [-0.4, -0.2) is 37.7 Å². The van der Waals surface area contributed by atoms with Gasteiger partial charge in [0.1, 0.15) is 11.9 Å². The Morgan fingerprint density at radius 2 is 1.75 bits per heavy atom. The van der Waals surface area contributed by atoms with Crippen LogP contribution < -0.4 is 15.1 Å². The van der Waals surface area contributed by atoms with Crippen molar-refractivity contribution in [1.82, 2.24) is 10.3 Å². The van der Waals surface area contributed by atoms with E-state index >= 15 is 0 Å². The van der Waals surface area contributed by atoms with Crippen molar-refractivity contribution in [2.45, 2.75) is 13.0 Å². The molecule has 140 valence electrons. The van der Waals surface area contributed by atoms with E-state index in [0.29, 0.717) is 5.56 Å². The molecule has 0 atom stereocenters. The molecule has 0 aliphatic carbocycles. The highest BCUT2D eigenvalue weighted by atomic mass is 15.2. The lowest BCUT2D eigenvalue weighted by molar-refractivity contribution is 0.580. The first kappa shape index (κ1) is 17.0. The minimum absolute atomic E-state index is 0.707. The Labute approximate surface area is 165 Å². The molecule has 5 heteroatoms. The van der Waals surface area contributed by atoms with Crippen molar-refractivity contribution >= 4 is 22.3 Å². The fraction of sp³-hybridized carbons (Fsp3) is 0.304. The minimum Gasteiger partial charge on any atom is -0.366 e. The van der Waals surface area contributed by atoms with E-state index < -0.39 is 0 Å². The van der Waals surface area contributed by atoms with Crippen molar-refractivity contribution in [3.05, 3.63) is 65.4 Å². The smallest absolute Gasteiger partial charge is 0.132 e. The number of aromatic nitrogens is 1. The average molecular weight is 369 g/mol. The van der Waals surface area contributed by atoms with Crippen LogP contribution in [0.3, 0.4) is 0 Å². The molecule has 1 N–H and O–H groups in total. The predicted octanol–water partition coefficient (Wildman–Crippen LogP) is 3.08. The maximum atomic E-state index is 9.69. The van der Waals surface area contributed by atoms with E-state index in [2.05, 4.69) is 63.7 Å². The van der Waals surface area contributed by atoms with Crippen molar-refractivity contribution < 1.29 is 0 Å². The van der Waals surface area contributed by atoms with E-state index in [1.807, 2.05) is 0 Å². The van der Waals surface area contributed by atoms with Crippen LogP contribution in [0.5, 0.6) is 0 Å². The molecule has 1 fully saturated rings. The van der Waals surface area contributed by atoms with Gasteiger partial charge in [0, 0.05) is 62.1 Å². The van der Waals surface area contributed by atoms with Crippen molar-refractivity contribution in [2.24, 2.45) is 0 Å². The van der Waals surface area contributed by atoms with Gasteiger partial charge in [0.15, 0.2) is 0 Å². The van der Waals surface area contributed by atoms with Crippen LogP contribution in [0.4, 0.5) is 11.5 Å². The number of piperazine rings is 1. The number of pyridine rings is 1. The molecule has 3 heterocycles. The van der Waals surface area contributed by atoms with Crippen LogP contribution in [-0.2, 0) is 13.0 Å². The van der Waals surface area contributed by atoms with Crippen LogP contribution in [0.15, 0.2) is 48.7 Å². The van der Waals surface area contributed by atoms with Crippen LogP contribution >= 0.6 is 0 Å². The van der Waals surface area contributed by atoms with Gasteiger partial charge in [-0.15, -0.1) is 0 Å². The molecule has 5 nitrogen and oxygen atoms in total. The van der Waals surface area contributed by atoms with Gasteiger partial charge in [-0.25, -0.2) is 4.98 Å². The van der Waals surface area contributed by atoms with E-state index in [-0.39, 0.29) is 0 Å². The predicted molar refractivity (Wildman–Crippen MR) is 113 cm³/mol. The Kier molecular flexibility index (Phi) is 4.34. The molecule has 0 saturated carbocycles. The standard InChI is InChI=1S/C23H23N5/c24-14-18-15-26-23(27-12-9-25-10-13-27)20-8-11-28(16-21(18)20)22-7-3-5-17-4-1-2-6-19(17)22/h1-7,15,25H,8-13,16H2. The molecule has 5 rings (SSSR count). The first-order valence-corrected chi connectivity index (χ1v) is 9.94. The molecule has 0 radical (unpaired) electrons. The number of nitrogens with one attached hydrogen (secondary N) is 1. The highest BCUT2D eigenvalue weighted by Crippen LogP contribution is 2.34. The molecular weight excluding hydrogens is 346 g/mol. The van der Waals surface area contributed by atoms with Gasteiger partial charge >= 0.3 is 0 Å². The molecular formula is C23H23N5. The van der Waals surface area contributed by atoms with Crippen molar-refractivity contribution in [1.29, 1.82) is 5.26 Å². The normalized spacial score (nSPS) is 16.7. The monoisotopic (exact) mass is 369 g/mol. The third kappa shape index (κ3) is 2.87. The molecule has 1 aromatic heterocycles. The van der Waals surface area contributed by atoms with E-state index in [1.54, 1.807) is 6.20 Å². The maximum absolute atomic E-state index is 9.69. The highest BCUT2D eigenvalue weighted by molar-refractivity contribution is 5.94. The second-order valence-electron chi connectivity index (χ2n) is 7.47. The number of hydrogen-bond donors (Lipinski definition) is 1. The van der Waals surface area contributed by atoms with Gasteiger partial charge < -0.3 is 15.1 Å². The maximum Gasteiger partial charge on any atom is 0.132 e. The summed E-state index contributed by atoms with van der Waals surface area (Å²) in [4.78, 5) is 9.47. The Bertz CT molecular complexity index is 1060. The first-order valence-electron chi connectivity index (χ1n) is 9.94. The number of anilines is 2. The SMILES string of the molecule is N#Cc1cnc(N2CCNCC2)c2c1CN(c1cccc3ccccc13)CC2. The summed E-state index contributed by atoms with van der Waals surface area (Å²) in [5.41, 5.74) is 4.36. The number of rotatable bonds is 2. The molecule has 0 spiro atoms. The topological polar surface area (TPSA) is 55.2 Å². The zero-order valence-corrected chi connectivity index (χ0v) is 15.9. The van der Waals surface area contributed by atoms with Crippen LogP contribution in [0.25, 0.3) is 10.8 Å². The molecule has 2 aliphatic heterocycles. The van der Waals surface area contributed by atoms with Crippen LogP contribution in [0.1, 0.15) is 16.7 Å². The van der Waals surface area contributed by atoms with E-state index in [4.69, 9.17) is 4.98 Å². The van der Waals surface area contributed by atoms with E-state index in [1.165, 1.54) is 22.0 Å². The fourth-order valence-electron chi connectivity index (χ4n) is 4.47. The molecule has 0 amide bonds. The number of benzene rings is 2. The zero-order chi connectivity index (χ0) is 18.9. The van der Waals surface area contributed by atoms with E-state index in [0.717, 1.165) is 57.1 Å². The van der Waals surface area contributed by atoms with Gasteiger partial charge in [0.2, 0.25) is 0 Å². The molecule has 2 aromatic carbocycles. The number of nitrogens with zero attached hydrogens (tertiary/aromatic N) is 4. The Balaban J connectivity index is 1.55. The average Bonchev–Trinajstić information content (AvgIpc) is 2.78. The van der Waals surface area contributed by atoms with Gasteiger partial charge in [0.05, 0.1) is 5.56 Å². The summed E-state index contributed by atoms with van der Waals surface area (Å²) in [6.45, 7) is 5.61. The lowest BCUT2D eigenvalue weighted by atomic mass is 9.95. The summed E-state index contributed by atoms with van der Waals surface area (Å²) in [6.07, 6.45) is 2.68. The largest absolute Gasteiger partial charge is 0.366 e. The summed E-state index contributed by atoms with van der Waals surface area (Å²) < 4.78 is 0. The molecule has 0 bridgehead atoms. The summed E-state index contributed by atoms with van der Waals surface area (Å²) >= 11 is 0. The Morgan fingerprint density at radius 1 is 0.929 bits per heavy atom. The zero-order valence-electron chi connectivity index (χ0n) is 15.9. The van der Waals surface area contributed by atoms with Crippen LogP contribution in [0.2, 0.25) is 0 Å². The lowest BCUT2D eigenvalue weighted by Gasteiger charge is -2.36. The summed E-state index contributed by atoms with van der Waals surface area (Å²) in [5.74, 6) is 1.08. The quantitative estimate of drug-likeness (QED) is 0.752. The second-order valence-corrected chi connectivity index (χ2v) is 7.47. The third-order valence-electron chi connectivity index (χ3n) is 5.90. The molecule has 28 heavy (non-hydrogen) atoms. The summed E-state index contributed by atoms with van der Waals surface area (Å²) in [5, 5.41) is 15.6. The molecule has 3 aromatic rings. The fourth-order valence-corrected chi connectivity index (χ4v) is 4.47. The molecule has 0 unspecified atom stereocenters. The van der Waals surface area contributed by atoms with Crippen molar-refractivity contribution in [2.75, 3.05) is 42.5 Å². The van der Waals surface area contributed by atoms with Crippen molar-refractivity contribution in [3.8, 4) is 6.07 Å². The molecule has 2 aliphatic rings. The van der Waals surface area contributed by atoms with Gasteiger partial charge in [-0.2, -0.15) is 5.26 Å². The number of nitriles is 1. The summed E-state index contributed by atoms with van der Waals surface area (Å²) in [7, 11) is 0. The molecule has 1 saturated heterocycles. The van der Waals surface area contributed by atoms with E-state index in [9.17, 15) is 5.26 Å². The lowest BCUT2D eigenvalue weighted by Crippen LogP contribution is -2.45. The number of fused-ring (bicyclic) bond motifs is 2. The summed E-state index contributed by atoms with van der Waals surface area (Å²) in [6, 6.07) is 17.4. The van der Waals surface area contributed by atoms with Crippen molar-refractivity contribution in [3.63, 3.8) is 0 Å². The number of hydrogen-bond acceptors (Lipinski definition) is 5.